The van der Waals surface area contributed by atoms with Gasteiger partial charge in [0.1, 0.15) is 0 Å². The van der Waals surface area contributed by atoms with Crippen LogP contribution in [0.4, 0.5) is 0 Å². The first kappa shape index (κ1) is 15.3. The molecule has 2 atom stereocenters. The van der Waals surface area contributed by atoms with E-state index in [1.807, 2.05) is 0 Å². The average Bonchev–Trinajstić information content (AvgIpc) is 2.41. The van der Waals surface area contributed by atoms with Crippen LogP contribution in [-0.4, -0.2) is 48.6 Å². The minimum absolute atomic E-state index is 0.726. The van der Waals surface area contributed by atoms with Gasteiger partial charge in [-0.15, -0.1) is 0 Å². The molecule has 0 saturated carbocycles. The lowest BCUT2D eigenvalue weighted by molar-refractivity contribution is 0.0667. The largest absolute Gasteiger partial charge is 0.303 e. The quantitative estimate of drug-likeness (QED) is 0.769. The molecule has 112 valence electrons. The van der Waals surface area contributed by atoms with Gasteiger partial charge in [0.15, 0.2) is 0 Å². The topological polar surface area (TPSA) is 6.48 Å². The average molecular weight is 266 g/mol. The summed E-state index contributed by atoms with van der Waals surface area (Å²) in [6.07, 6.45) is 5.68. The zero-order valence-electron chi connectivity index (χ0n) is 13.6. The molecule has 2 heteroatoms. The highest BCUT2D eigenvalue weighted by Crippen LogP contribution is 2.27. The van der Waals surface area contributed by atoms with Crippen LogP contribution in [-0.2, 0) is 0 Å². The highest BCUT2D eigenvalue weighted by atomic mass is 15.2. The normalized spacial score (nSPS) is 32.1. The predicted octanol–water partition coefficient (Wildman–Crippen LogP) is 3.47. The highest BCUT2D eigenvalue weighted by Gasteiger charge is 2.29. The van der Waals surface area contributed by atoms with Gasteiger partial charge in [0.2, 0.25) is 0 Å². The molecule has 2 aliphatic heterocycles. The van der Waals surface area contributed by atoms with Crippen molar-refractivity contribution in [2.24, 2.45) is 17.8 Å². The van der Waals surface area contributed by atoms with Crippen molar-refractivity contribution in [1.82, 2.24) is 9.80 Å². The molecule has 0 aromatic carbocycles. The third kappa shape index (κ3) is 4.19. The summed E-state index contributed by atoms with van der Waals surface area (Å²) in [6, 6.07) is 0.726. The molecule has 0 aromatic rings. The Morgan fingerprint density at radius 1 is 1.05 bits per heavy atom. The zero-order chi connectivity index (χ0) is 13.8. The Bertz CT molecular complexity index is 256. The van der Waals surface area contributed by atoms with E-state index >= 15 is 0 Å². The van der Waals surface area contributed by atoms with E-state index in [0.717, 1.165) is 23.8 Å². The molecule has 0 amide bonds. The maximum atomic E-state index is 2.75. The lowest BCUT2D eigenvalue weighted by atomic mass is 9.85. The molecule has 0 aliphatic carbocycles. The lowest BCUT2D eigenvalue weighted by Crippen LogP contribution is -2.47. The summed E-state index contributed by atoms with van der Waals surface area (Å²) in [7, 11) is 0. The van der Waals surface area contributed by atoms with E-state index < -0.39 is 0 Å². The van der Waals surface area contributed by atoms with Crippen molar-refractivity contribution in [3.8, 4) is 0 Å². The summed E-state index contributed by atoms with van der Waals surface area (Å²) in [6.45, 7) is 16.2. The molecule has 2 rings (SSSR count). The number of nitrogens with zero attached hydrogens (tertiary/aromatic N) is 2. The summed E-state index contributed by atoms with van der Waals surface area (Å²) in [4.78, 5) is 5.41. The number of hydrogen-bond donors (Lipinski definition) is 0. The smallest absolute Gasteiger partial charge is 0.00387 e. The summed E-state index contributed by atoms with van der Waals surface area (Å²) < 4.78 is 0. The van der Waals surface area contributed by atoms with Gasteiger partial charge < -0.3 is 9.80 Å². The maximum Gasteiger partial charge on any atom is 0.00387 e. The standard InChI is InChI=1S/C17H34N2/c1-5-16-6-9-18(10-7-16)13-17-8-11-19(14(2)3)12-15(17)4/h14-17H,5-13H2,1-4H3/t15-,17?/m0/s1. The molecule has 1 unspecified atom stereocenters. The predicted molar refractivity (Wildman–Crippen MR) is 83.4 cm³/mol. The molecule has 2 saturated heterocycles. The molecule has 2 aliphatic rings. The van der Waals surface area contributed by atoms with Crippen LogP contribution in [0.25, 0.3) is 0 Å². The van der Waals surface area contributed by atoms with Crippen molar-refractivity contribution in [2.75, 3.05) is 32.7 Å². The van der Waals surface area contributed by atoms with Crippen molar-refractivity contribution >= 4 is 0 Å². The van der Waals surface area contributed by atoms with Crippen LogP contribution in [0.2, 0.25) is 0 Å². The number of piperidine rings is 2. The molecule has 0 bridgehead atoms. The van der Waals surface area contributed by atoms with Gasteiger partial charge in [-0.2, -0.15) is 0 Å². The highest BCUT2D eigenvalue weighted by molar-refractivity contribution is 4.83. The summed E-state index contributed by atoms with van der Waals surface area (Å²) in [5.41, 5.74) is 0. The molecule has 19 heavy (non-hydrogen) atoms. The Morgan fingerprint density at radius 2 is 1.74 bits per heavy atom. The van der Waals surface area contributed by atoms with E-state index in [1.54, 1.807) is 0 Å². The summed E-state index contributed by atoms with van der Waals surface area (Å²) in [5.74, 6) is 2.82. The van der Waals surface area contributed by atoms with E-state index in [-0.39, 0.29) is 0 Å². The fourth-order valence-electron chi connectivity index (χ4n) is 3.88. The Balaban J connectivity index is 1.75. The van der Waals surface area contributed by atoms with Crippen LogP contribution in [0, 0.1) is 17.8 Å². The third-order valence-electron chi connectivity index (χ3n) is 5.62. The Morgan fingerprint density at radius 3 is 2.26 bits per heavy atom. The van der Waals surface area contributed by atoms with Crippen molar-refractivity contribution in [2.45, 2.75) is 59.4 Å². The molecule has 0 N–H and O–H groups in total. The fraction of sp³-hybridized carbons (Fsp3) is 1.00. The summed E-state index contributed by atoms with van der Waals surface area (Å²) >= 11 is 0. The number of hydrogen-bond acceptors (Lipinski definition) is 2. The van der Waals surface area contributed by atoms with Crippen LogP contribution in [0.1, 0.15) is 53.4 Å². The van der Waals surface area contributed by atoms with Gasteiger partial charge in [-0.3, -0.25) is 0 Å². The van der Waals surface area contributed by atoms with Gasteiger partial charge in [-0.1, -0.05) is 20.3 Å². The van der Waals surface area contributed by atoms with Gasteiger partial charge >= 0.3 is 0 Å². The molecule has 2 heterocycles. The Labute approximate surface area is 120 Å². The van der Waals surface area contributed by atoms with Crippen LogP contribution in [0.3, 0.4) is 0 Å². The lowest BCUT2D eigenvalue weighted by Gasteiger charge is -2.42. The van der Waals surface area contributed by atoms with Crippen molar-refractivity contribution in [3.05, 3.63) is 0 Å². The van der Waals surface area contributed by atoms with Crippen LogP contribution >= 0.6 is 0 Å². The monoisotopic (exact) mass is 266 g/mol. The first-order valence-electron chi connectivity index (χ1n) is 8.56. The Hall–Kier alpha value is -0.0800. The second kappa shape index (κ2) is 7.08. The van der Waals surface area contributed by atoms with Crippen molar-refractivity contribution in [3.63, 3.8) is 0 Å². The maximum absolute atomic E-state index is 2.75. The first-order valence-corrected chi connectivity index (χ1v) is 8.56. The van der Waals surface area contributed by atoms with Gasteiger partial charge in [-0.25, -0.2) is 0 Å². The Kier molecular flexibility index (Phi) is 5.70. The molecule has 0 spiro atoms. The molecular weight excluding hydrogens is 232 g/mol. The van der Waals surface area contributed by atoms with E-state index in [0.29, 0.717) is 0 Å². The number of likely N-dealkylation sites (tertiary alicyclic amines) is 2. The molecule has 2 fully saturated rings. The SMILES string of the molecule is CCC1CCN(CC2CCN(C(C)C)C[C@@H]2C)CC1. The van der Waals surface area contributed by atoms with Gasteiger partial charge in [0.05, 0.1) is 0 Å². The minimum Gasteiger partial charge on any atom is -0.303 e. The van der Waals surface area contributed by atoms with Crippen molar-refractivity contribution < 1.29 is 0 Å². The molecular formula is C17H34N2. The molecule has 0 radical (unpaired) electrons. The molecule has 2 nitrogen and oxygen atoms in total. The van der Waals surface area contributed by atoms with Gasteiger partial charge in [0.25, 0.3) is 0 Å². The van der Waals surface area contributed by atoms with Gasteiger partial charge in [-0.05, 0) is 70.5 Å². The second-order valence-electron chi connectivity index (χ2n) is 7.27. The van der Waals surface area contributed by atoms with Crippen LogP contribution < -0.4 is 0 Å². The third-order valence-corrected chi connectivity index (χ3v) is 5.62. The van der Waals surface area contributed by atoms with Crippen LogP contribution in [0.15, 0.2) is 0 Å². The number of rotatable bonds is 4. The van der Waals surface area contributed by atoms with Crippen molar-refractivity contribution in [1.29, 1.82) is 0 Å². The van der Waals surface area contributed by atoms with Crippen LogP contribution in [0.5, 0.6) is 0 Å². The fourth-order valence-corrected chi connectivity index (χ4v) is 3.88. The second-order valence-corrected chi connectivity index (χ2v) is 7.27. The zero-order valence-corrected chi connectivity index (χ0v) is 13.6. The summed E-state index contributed by atoms with van der Waals surface area (Å²) in [5, 5.41) is 0. The van der Waals surface area contributed by atoms with E-state index in [4.69, 9.17) is 0 Å². The molecule has 0 aromatic heterocycles. The van der Waals surface area contributed by atoms with E-state index in [9.17, 15) is 0 Å². The van der Waals surface area contributed by atoms with Gasteiger partial charge in [0, 0.05) is 19.1 Å². The van der Waals surface area contributed by atoms with E-state index in [1.165, 1.54) is 58.4 Å². The van der Waals surface area contributed by atoms with E-state index in [2.05, 4.69) is 37.5 Å². The first-order chi connectivity index (χ1) is 9.10. The minimum atomic E-state index is 0.726.